The molecule has 4 rings (SSSR count). The molecule has 2 nitrogen and oxygen atoms in total. The van der Waals surface area contributed by atoms with Gasteiger partial charge < -0.3 is 9.47 Å². The van der Waals surface area contributed by atoms with Crippen LogP contribution in [0.3, 0.4) is 0 Å². The van der Waals surface area contributed by atoms with E-state index in [0.29, 0.717) is 0 Å². The van der Waals surface area contributed by atoms with E-state index in [9.17, 15) is 0 Å². The Labute approximate surface area is 204 Å². The van der Waals surface area contributed by atoms with Crippen molar-refractivity contribution in [3.05, 3.63) is 72.8 Å². The fraction of sp³-hybridized carbons (Fsp3) is 0.375. The van der Waals surface area contributed by atoms with E-state index in [1.54, 1.807) is 0 Å². The van der Waals surface area contributed by atoms with Gasteiger partial charge in [-0.3, -0.25) is 0 Å². The van der Waals surface area contributed by atoms with Gasteiger partial charge in [-0.25, -0.2) is 0 Å². The molecule has 0 bridgehead atoms. The summed E-state index contributed by atoms with van der Waals surface area (Å²) in [4.78, 5) is 0. The standard InChI is InChI=1S/C32H38O2/c1-3-5-7-9-19-33-31-17-15-27-21-25(11-13-29(27)23-31)26-12-14-30-24-32(18-16-28(30)22-26)34-20-10-8-6-4-2/h11-18,21-24H,3-10,19-20H2,1-2H3. The average Bonchev–Trinajstić information content (AvgIpc) is 2.87. The van der Waals surface area contributed by atoms with Crippen LogP contribution in [-0.2, 0) is 0 Å². The molecule has 0 fully saturated rings. The van der Waals surface area contributed by atoms with Gasteiger partial charge in [0.25, 0.3) is 0 Å². The van der Waals surface area contributed by atoms with Crippen LogP contribution in [0.25, 0.3) is 32.7 Å². The molecule has 0 aromatic heterocycles. The molecule has 0 spiro atoms. The maximum atomic E-state index is 5.96. The second kappa shape index (κ2) is 12.5. The molecule has 4 aromatic carbocycles. The number of fused-ring (bicyclic) bond motifs is 2. The van der Waals surface area contributed by atoms with Crippen LogP contribution in [0, 0.1) is 0 Å². The minimum absolute atomic E-state index is 0.798. The summed E-state index contributed by atoms with van der Waals surface area (Å²) in [6.45, 7) is 6.06. The number of ether oxygens (including phenoxy) is 2. The fourth-order valence-electron chi connectivity index (χ4n) is 4.42. The van der Waals surface area contributed by atoms with Crippen LogP contribution in [0.15, 0.2) is 72.8 Å². The summed E-state index contributed by atoms with van der Waals surface area (Å²) >= 11 is 0. The Morgan fingerprint density at radius 3 is 1.29 bits per heavy atom. The highest BCUT2D eigenvalue weighted by Gasteiger charge is 2.05. The third-order valence-electron chi connectivity index (χ3n) is 6.49. The molecule has 0 radical (unpaired) electrons. The van der Waals surface area contributed by atoms with Gasteiger partial charge in [-0.05, 0) is 81.9 Å². The Morgan fingerprint density at radius 1 is 0.441 bits per heavy atom. The lowest BCUT2D eigenvalue weighted by Crippen LogP contribution is -1.97. The van der Waals surface area contributed by atoms with Gasteiger partial charge in [0.2, 0.25) is 0 Å². The zero-order valence-electron chi connectivity index (χ0n) is 20.8. The first-order valence-corrected chi connectivity index (χ1v) is 13.1. The van der Waals surface area contributed by atoms with Crippen molar-refractivity contribution >= 4 is 21.5 Å². The third-order valence-corrected chi connectivity index (χ3v) is 6.49. The van der Waals surface area contributed by atoms with E-state index in [0.717, 1.165) is 37.6 Å². The molecule has 34 heavy (non-hydrogen) atoms. The Kier molecular flexibility index (Phi) is 8.84. The lowest BCUT2D eigenvalue weighted by molar-refractivity contribution is 0.305. The van der Waals surface area contributed by atoms with Gasteiger partial charge in [0.1, 0.15) is 11.5 Å². The number of hydrogen-bond donors (Lipinski definition) is 0. The first kappa shape index (κ1) is 24.1. The fourth-order valence-corrected chi connectivity index (χ4v) is 4.42. The van der Waals surface area contributed by atoms with Crippen LogP contribution >= 0.6 is 0 Å². The minimum atomic E-state index is 0.798. The van der Waals surface area contributed by atoms with Crippen LogP contribution in [0.4, 0.5) is 0 Å². The van der Waals surface area contributed by atoms with Crippen molar-refractivity contribution < 1.29 is 9.47 Å². The Bertz CT molecular complexity index is 1100. The van der Waals surface area contributed by atoms with Gasteiger partial charge >= 0.3 is 0 Å². The van der Waals surface area contributed by atoms with Crippen molar-refractivity contribution in [1.29, 1.82) is 0 Å². The van der Waals surface area contributed by atoms with E-state index in [4.69, 9.17) is 9.47 Å². The second-order valence-electron chi connectivity index (χ2n) is 9.27. The van der Waals surface area contributed by atoms with Crippen molar-refractivity contribution in [2.75, 3.05) is 13.2 Å². The minimum Gasteiger partial charge on any atom is -0.494 e. The van der Waals surface area contributed by atoms with Gasteiger partial charge in [-0.1, -0.05) is 88.8 Å². The predicted octanol–water partition coefficient (Wildman–Crippen LogP) is 9.58. The average molecular weight is 455 g/mol. The van der Waals surface area contributed by atoms with Crippen molar-refractivity contribution in [3.63, 3.8) is 0 Å². The van der Waals surface area contributed by atoms with Crippen LogP contribution in [0.1, 0.15) is 65.2 Å². The lowest BCUT2D eigenvalue weighted by Gasteiger charge is -2.10. The molecule has 0 saturated carbocycles. The summed E-state index contributed by atoms with van der Waals surface area (Å²) < 4.78 is 11.9. The van der Waals surface area contributed by atoms with Gasteiger partial charge in [-0.2, -0.15) is 0 Å². The molecule has 0 aliphatic carbocycles. The summed E-state index contributed by atoms with van der Waals surface area (Å²) in [6, 6.07) is 26.2. The first-order chi connectivity index (χ1) is 16.8. The van der Waals surface area contributed by atoms with Crippen molar-refractivity contribution in [3.8, 4) is 22.6 Å². The molecule has 178 valence electrons. The van der Waals surface area contributed by atoms with Crippen molar-refractivity contribution in [1.82, 2.24) is 0 Å². The number of rotatable bonds is 13. The van der Waals surface area contributed by atoms with E-state index < -0.39 is 0 Å². The summed E-state index contributed by atoms with van der Waals surface area (Å²) in [6.07, 6.45) is 9.81. The molecular formula is C32H38O2. The lowest BCUT2D eigenvalue weighted by atomic mass is 9.98. The normalized spacial score (nSPS) is 11.2. The van der Waals surface area contributed by atoms with E-state index in [1.807, 2.05) is 0 Å². The highest BCUT2D eigenvalue weighted by molar-refractivity contribution is 5.92. The molecule has 0 N–H and O–H groups in total. The monoisotopic (exact) mass is 454 g/mol. The smallest absolute Gasteiger partial charge is 0.119 e. The van der Waals surface area contributed by atoms with Crippen LogP contribution < -0.4 is 9.47 Å². The molecular weight excluding hydrogens is 416 g/mol. The Balaban J connectivity index is 1.42. The van der Waals surface area contributed by atoms with Crippen molar-refractivity contribution in [2.45, 2.75) is 65.2 Å². The maximum absolute atomic E-state index is 5.96. The van der Waals surface area contributed by atoms with Crippen LogP contribution in [-0.4, -0.2) is 13.2 Å². The topological polar surface area (TPSA) is 18.5 Å². The Morgan fingerprint density at radius 2 is 0.853 bits per heavy atom. The van der Waals surface area contributed by atoms with Crippen LogP contribution in [0.2, 0.25) is 0 Å². The highest BCUT2D eigenvalue weighted by atomic mass is 16.5. The van der Waals surface area contributed by atoms with Gasteiger partial charge in [0, 0.05) is 0 Å². The van der Waals surface area contributed by atoms with Gasteiger partial charge in [0.15, 0.2) is 0 Å². The predicted molar refractivity (Wildman–Crippen MR) is 146 cm³/mol. The molecule has 0 aliphatic rings. The first-order valence-electron chi connectivity index (χ1n) is 13.1. The largest absolute Gasteiger partial charge is 0.494 e. The summed E-state index contributed by atoms with van der Waals surface area (Å²) in [7, 11) is 0. The Hall–Kier alpha value is -3.00. The molecule has 0 aliphatic heterocycles. The molecule has 0 saturated heterocycles. The number of unbranched alkanes of at least 4 members (excludes halogenated alkanes) is 6. The molecule has 0 heterocycles. The molecule has 4 aromatic rings. The summed E-state index contributed by atoms with van der Waals surface area (Å²) in [5, 5.41) is 4.91. The van der Waals surface area contributed by atoms with Gasteiger partial charge in [0.05, 0.1) is 13.2 Å². The zero-order valence-corrected chi connectivity index (χ0v) is 20.8. The van der Waals surface area contributed by atoms with E-state index in [1.165, 1.54) is 71.2 Å². The SMILES string of the molecule is CCCCCCOc1ccc2cc(-c3ccc4cc(OCCCCCC)ccc4c3)ccc2c1. The summed E-state index contributed by atoms with van der Waals surface area (Å²) in [5.41, 5.74) is 2.47. The van der Waals surface area contributed by atoms with E-state index in [2.05, 4.69) is 86.6 Å². The molecule has 0 atom stereocenters. The quantitative estimate of drug-likeness (QED) is 0.187. The second-order valence-corrected chi connectivity index (χ2v) is 9.27. The zero-order chi connectivity index (χ0) is 23.6. The molecule has 0 unspecified atom stereocenters. The summed E-state index contributed by atoms with van der Waals surface area (Å²) in [5.74, 6) is 1.93. The number of benzene rings is 4. The van der Waals surface area contributed by atoms with Gasteiger partial charge in [-0.15, -0.1) is 0 Å². The maximum Gasteiger partial charge on any atom is 0.119 e. The van der Waals surface area contributed by atoms with E-state index >= 15 is 0 Å². The van der Waals surface area contributed by atoms with E-state index in [-0.39, 0.29) is 0 Å². The van der Waals surface area contributed by atoms with Crippen molar-refractivity contribution in [2.24, 2.45) is 0 Å². The highest BCUT2D eigenvalue weighted by Crippen LogP contribution is 2.30. The number of hydrogen-bond acceptors (Lipinski definition) is 2. The third kappa shape index (κ3) is 6.53. The molecule has 2 heteroatoms. The molecule has 0 amide bonds. The van der Waals surface area contributed by atoms with Crippen LogP contribution in [0.5, 0.6) is 11.5 Å².